The zero-order valence-corrected chi connectivity index (χ0v) is 70.7. The molecule has 0 atom stereocenters. The van der Waals surface area contributed by atoms with Gasteiger partial charge in [0.1, 0.15) is 0 Å². The zero-order valence-electron chi connectivity index (χ0n) is 70.7. The third-order valence-electron chi connectivity index (χ3n) is 26.2. The Labute approximate surface area is 753 Å². The third-order valence-corrected chi connectivity index (χ3v) is 26.2. The number of hydrogen-bond acceptors (Lipinski definition) is 7. The monoisotopic (exact) mass is 1670 g/mol. The van der Waals surface area contributed by atoms with E-state index in [1.54, 1.807) is 0 Å². The minimum atomic E-state index is 0.602. The molecule has 0 saturated heterocycles. The quantitative estimate of drug-likeness (QED) is 0.107. The Hall–Kier alpha value is -17.7. The predicted molar refractivity (Wildman–Crippen MR) is 541 cm³/mol. The average Bonchev–Trinajstić information content (AvgIpc) is 0.821. The van der Waals surface area contributed by atoms with Gasteiger partial charge in [-0.25, -0.2) is 34.9 Å². The SMILES string of the molecule is c1ccc(-c2cc(-c3cccc(-c4cc(-c5cccc(-c6ccc7c(ccc8c7c7ccccc7n8-c7cccc(-c8nc(-c9ccccc9)nc(-c9ccccc9)n8)c7)c6)c5)cc(-n5c6cccc(-c7ccc8nc(-n9c%10ccc%11ccccc%11c%10c%10ccc%11ccccc%11c%109)nc(-c9ccccc9)c8c7)c6c6ccc7ccccc7c65)c4)c3)nc(-c3ccccc3)n2)cc1. The van der Waals surface area contributed by atoms with Gasteiger partial charge in [-0.05, 0) is 168 Å². The van der Waals surface area contributed by atoms with Crippen molar-refractivity contribution in [3.05, 3.63) is 449 Å². The van der Waals surface area contributed by atoms with Gasteiger partial charge in [0.15, 0.2) is 23.3 Å². The molecule has 131 heavy (non-hydrogen) atoms. The van der Waals surface area contributed by atoms with Crippen LogP contribution in [0.1, 0.15) is 0 Å². The van der Waals surface area contributed by atoms with Gasteiger partial charge < -0.3 is 9.13 Å². The molecule has 20 aromatic carbocycles. The topological polar surface area (TPSA) is 105 Å². The lowest BCUT2D eigenvalue weighted by atomic mass is 9.93. The first-order chi connectivity index (χ1) is 64.9. The van der Waals surface area contributed by atoms with Gasteiger partial charge in [0.05, 0.1) is 55.7 Å². The molecule has 6 aromatic heterocycles. The second kappa shape index (κ2) is 30.6. The molecule has 0 fully saturated rings. The predicted octanol–water partition coefficient (Wildman–Crippen LogP) is 30.8. The molecule has 6 heterocycles. The molecular formula is C121H74N10. The van der Waals surface area contributed by atoms with Gasteiger partial charge in [-0.2, -0.15) is 0 Å². The van der Waals surface area contributed by atoms with E-state index in [1.165, 1.54) is 32.3 Å². The van der Waals surface area contributed by atoms with Crippen LogP contribution in [0.25, 0.3) is 261 Å². The number of hydrogen-bond donors (Lipinski definition) is 0. The highest BCUT2D eigenvalue weighted by Crippen LogP contribution is 2.48. The van der Waals surface area contributed by atoms with Gasteiger partial charge >= 0.3 is 0 Å². The Bertz CT molecular complexity index is 9040. The molecule has 26 aromatic rings. The summed E-state index contributed by atoms with van der Waals surface area (Å²) >= 11 is 0. The van der Waals surface area contributed by atoms with Crippen LogP contribution >= 0.6 is 0 Å². The fraction of sp³-hybridized carbons (Fsp3) is 0. The van der Waals surface area contributed by atoms with Crippen LogP contribution in [0.3, 0.4) is 0 Å². The molecule has 0 bridgehead atoms. The first-order valence-electron chi connectivity index (χ1n) is 44.4. The fourth-order valence-electron chi connectivity index (χ4n) is 20.1. The highest BCUT2D eigenvalue weighted by molar-refractivity contribution is 6.27. The molecule has 0 amide bonds. The molecule has 0 saturated carbocycles. The molecular weight excluding hydrogens is 1590 g/mol. The van der Waals surface area contributed by atoms with E-state index >= 15 is 0 Å². The van der Waals surface area contributed by atoms with Crippen LogP contribution < -0.4 is 0 Å². The number of rotatable bonds is 14. The second-order valence-corrected chi connectivity index (χ2v) is 33.8. The number of aromatic nitrogens is 10. The molecule has 608 valence electrons. The summed E-state index contributed by atoms with van der Waals surface area (Å²) in [6.07, 6.45) is 0. The first kappa shape index (κ1) is 74.7. The summed E-state index contributed by atoms with van der Waals surface area (Å²) < 4.78 is 7.22. The molecule has 10 heteroatoms. The van der Waals surface area contributed by atoms with E-state index < -0.39 is 0 Å². The van der Waals surface area contributed by atoms with E-state index in [2.05, 4.69) is 378 Å². The number of fused-ring (bicyclic) bond motifs is 18. The standard InChI is InChI=1S/C121H74N10/c1-6-31-78(32-7-1)105-74-106(123-117(122-105)80-35-10-3-11-36-80)89-44-25-43-85(68-89)92-69-91(84-42-24-41-83(66-84)86-56-60-97-87(67-86)59-65-109-111(97)100-50-22-23-52-107(100)129(109)93-46-26-45-90(70-93)120-127-118(81-37-12-4-13-38-81)126-119(128-120)82-39-14-5-15-40-82)71-94(72-92)130-108-53-27-51-96(113(108)101-61-54-76-29-17-20-48-98(76)115(101)130)88-57-63-104-103(73-88)114(79-33-8-2-9-34-79)125-121(124-104)131-110-64-58-75-28-16-19-47-95(75)112(110)102-62-55-77-30-18-21-49-99(77)116(102)131/h1-74H. The summed E-state index contributed by atoms with van der Waals surface area (Å²) in [5, 5.41) is 17.2. The van der Waals surface area contributed by atoms with Gasteiger partial charge in [-0.1, -0.05) is 358 Å². The van der Waals surface area contributed by atoms with Crippen molar-refractivity contribution in [3.63, 3.8) is 0 Å². The van der Waals surface area contributed by atoms with E-state index in [-0.39, 0.29) is 0 Å². The van der Waals surface area contributed by atoms with Crippen molar-refractivity contribution in [3.8, 4) is 141 Å². The van der Waals surface area contributed by atoms with E-state index in [9.17, 15) is 0 Å². The lowest BCUT2D eigenvalue weighted by Crippen LogP contribution is -2.04. The normalized spacial score (nSPS) is 11.8. The van der Waals surface area contributed by atoms with Crippen molar-refractivity contribution in [2.45, 2.75) is 0 Å². The second-order valence-electron chi connectivity index (χ2n) is 33.8. The molecule has 0 aliphatic rings. The van der Waals surface area contributed by atoms with E-state index in [0.717, 1.165) is 199 Å². The van der Waals surface area contributed by atoms with Crippen LogP contribution in [0, 0.1) is 0 Å². The Morgan fingerprint density at radius 2 is 0.580 bits per heavy atom. The highest BCUT2D eigenvalue weighted by Gasteiger charge is 2.27. The summed E-state index contributed by atoms with van der Waals surface area (Å²) in [6, 6.07) is 161. The summed E-state index contributed by atoms with van der Waals surface area (Å²) in [5.74, 6) is 3.12. The zero-order chi connectivity index (χ0) is 86.1. The summed E-state index contributed by atoms with van der Waals surface area (Å²) in [4.78, 5) is 37.3. The van der Waals surface area contributed by atoms with Gasteiger partial charge in [0.25, 0.3) is 0 Å². The van der Waals surface area contributed by atoms with Crippen LogP contribution in [0.5, 0.6) is 0 Å². The summed E-state index contributed by atoms with van der Waals surface area (Å²) in [5.41, 5.74) is 27.2. The van der Waals surface area contributed by atoms with Crippen molar-refractivity contribution in [2.75, 3.05) is 0 Å². The number of benzene rings is 20. The lowest BCUT2D eigenvalue weighted by molar-refractivity contribution is 1.02. The minimum Gasteiger partial charge on any atom is -0.309 e. The van der Waals surface area contributed by atoms with Crippen LogP contribution in [0.2, 0.25) is 0 Å². The van der Waals surface area contributed by atoms with Crippen LogP contribution in [-0.4, -0.2) is 48.6 Å². The van der Waals surface area contributed by atoms with Crippen molar-refractivity contribution in [2.24, 2.45) is 0 Å². The van der Waals surface area contributed by atoms with E-state index in [1.807, 2.05) is 84.9 Å². The summed E-state index contributed by atoms with van der Waals surface area (Å²) in [6.45, 7) is 0. The maximum atomic E-state index is 5.77. The third kappa shape index (κ3) is 12.7. The first-order valence-corrected chi connectivity index (χ1v) is 44.4. The van der Waals surface area contributed by atoms with Crippen molar-refractivity contribution in [1.29, 1.82) is 0 Å². The smallest absolute Gasteiger partial charge is 0.235 e. The van der Waals surface area contributed by atoms with Crippen LogP contribution in [0.4, 0.5) is 0 Å². The maximum Gasteiger partial charge on any atom is 0.235 e. The average molecular weight is 1670 g/mol. The number of nitrogens with zero attached hydrogens (tertiary/aromatic N) is 10. The molecule has 0 aliphatic heterocycles. The fourth-order valence-corrected chi connectivity index (χ4v) is 20.1. The van der Waals surface area contributed by atoms with Crippen LogP contribution in [-0.2, 0) is 0 Å². The van der Waals surface area contributed by atoms with Gasteiger partial charge in [-0.15, -0.1) is 0 Å². The van der Waals surface area contributed by atoms with E-state index in [0.29, 0.717) is 29.2 Å². The van der Waals surface area contributed by atoms with Crippen molar-refractivity contribution in [1.82, 2.24) is 48.6 Å². The molecule has 0 spiro atoms. The molecule has 0 N–H and O–H groups in total. The Morgan fingerprint density at radius 3 is 1.24 bits per heavy atom. The highest BCUT2D eigenvalue weighted by atomic mass is 15.2. The van der Waals surface area contributed by atoms with Gasteiger partial charge in [-0.3, -0.25) is 4.57 Å². The lowest BCUT2D eigenvalue weighted by Gasteiger charge is -2.16. The Kier molecular flexibility index (Phi) is 17.4. The van der Waals surface area contributed by atoms with Crippen molar-refractivity contribution >= 4 is 119 Å². The molecule has 26 rings (SSSR count). The van der Waals surface area contributed by atoms with E-state index in [4.69, 9.17) is 34.9 Å². The largest absolute Gasteiger partial charge is 0.309 e. The molecule has 10 nitrogen and oxygen atoms in total. The number of para-hydroxylation sites is 1. The van der Waals surface area contributed by atoms with Gasteiger partial charge in [0, 0.05) is 98.8 Å². The molecule has 0 radical (unpaired) electrons. The summed E-state index contributed by atoms with van der Waals surface area (Å²) in [7, 11) is 0. The van der Waals surface area contributed by atoms with Crippen LogP contribution in [0.15, 0.2) is 449 Å². The van der Waals surface area contributed by atoms with Crippen molar-refractivity contribution < 1.29 is 0 Å². The van der Waals surface area contributed by atoms with Gasteiger partial charge in [0.2, 0.25) is 5.95 Å². The Morgan fingerprint density at radius 1 is 0.168 bits per heavy atom. The Balaban J connectivity index is 0.636. The molecule has 0 aliphatic carbocycles. The minimum absolute atomic E-state index is 0.602. The molecule has 0 unspecified atom stereocenters. The maximum absolute atomic E-state index is 5.77.